The van der Waals surface area contributed by atoms with E-state index in [2.05, 4.69) is 0 Å². The summed E-state index contributed by atoms with van der Waals surface area (Å²) < 4.78 is 10.0. The molecule has 18 heavy (non-hydrogen) atoms. The highest BCUT2D eigenvalue weighted by Crippen LogP contribution is 2.10. The molecule has 1 heterocycles. The molecule has 0 bridgehead atoms. The van der Waals surface area contributed by atoms with E-state index in [0.717, 1.165) is 4.90 Å². The van der Waals surface area contributed by atoms with Gasteiger partial charge in [0, 0.05) is 13.7 Å². The monoisotopic (exact) mass is 256 g/mol. The highest BCUT2D eigenvalue weighted by atomic mass is 16.5. The van der Waals surface area contributed by atoms with Gasteiger partial charge in [0.25, 0.3) is 5.91 Å². The molecular formula is C11H16N2O5. The predicted molar refractivity (Wildman–Crippen MR) is 62.0 cm³/mol. The average molecular weight is 256 g/mol. The number of amides is 1. The van der Waals surface area contributed by atoms with Crippen molar-refractivity contribution in [3.05, 3.63) is 23.7 Å². The fourth-order valence-electron chi connectivity index (χ4n) is 1.38. The molecule has 100 valence electrons. The van der Waals surface area contributed by atoms with Crippen LogP contribution in [0, 0.1) is 0 Å². The Bertz CT molecular complexity index is 415. The minimum absolute atomic E-state index is 0.0767. The van der Waals surface area contributed by atoms with E-state index in [9.17, 15) is 9.59 Å². The van der Waals surface area contributed by atoms with Crippen LogP contribution in [-0.2, 0) is 16.1 Å². The summed E-state index contributed by atoms with van der Waals surface area (Å²) in [4.78, 5) is 23.8. The zero-order valence-electron chi connectivity index (χ0n) is 10.1. The summed E-state index contributed by atoms with van der Waals surface area (Å²) in [6.07, 6.45) is 0. The lowest BCUT2D eigenvalue weighted by Crippen LogP contribution is -2.37. The Balaban J connectivity index is 2.76. The molecule has 0 saturated carbocycles. The van der Waals surface area contributed by atoms with Gasteiger partial charge in [0.1, 0.15) is 12.3 Å². The molecule has 1 aromatic heterocycles. The summed E-state index contributed by atoms with van der Waals surface area (Å²) in [5.41, 5.74) is 5.37. The van der Waals surface area contributed by atoms with Crippen molar-refractivity contribution in [2.45, 2.75) is 6.54 Å². The number of hydrogen-bond acceptors (Lipinski definition) is 5. The SMILES string of the molecule is COCCN(CC(=O)O)C(=O)c1ccc(CN)o1. The molecule has 0 aliphatic rings. The molecule has 0 aliphatic heterocycles. The minimum Gasteiger partial charge on any atom is -0.480 e. The molecule has 0 atom stereocenters. The first kappa shape index (κ1) is 14.2. The normalized spacial score (nSPS) is 10.3. The van der Waals surface area contributed by atoms with Crippen LogP contribution in [0.5, 0.6) is 0 Å². The van der Waals surface area contributed by atoms with Gasteiger partial charge in [-0.15, -0.1) is 0 Å². The number of rotatable bonds is 7. The van der Waals surface area contributed by atoms with Gasteiger partial charge in [0.05, 0.1) is 13.2 Å². The summed E-state index contributed by atoms with van der Waals surface area (Å²) in [6, 6.07) is 3.06. The van der Waals surface area contributed by atoms with Crippen LogP contribution in [0.25, 0.3) is 0 Å². The fraction of sp³-hybridized carbons (Fsp3) is 0.455. The Morgan fingerprint density at radius 3 is 2.72 bits per heavy atom. The zero-order chi connectivity index (χ0) is 13.5. The fourth-order valence-corrected chi connectivity index (χ4v) is 1.38. The number of nitrogens with zero attached hydrogens (tertiary/aromatic N) is 1. The summed E-state index contributed by atoms with van der Waals surface area (Å²) in [5, 5.41) is 8.75. The smallest absolute Gasteiger partial charge is 0.323 e. The molecule has 0 unspecified atom stereocenters. The van der Waals surface area contributed by atoms with Crippen LogP contribution in [0.3, 0.4) is 0 Å². The van der Waals surface area contributed by atoms with E-state index in [1.54, 1.807) is 6.07 Å². The highest BCUT2D eigenvalue weighted by Gasteiger charge is 2.21. The minimum atomic E-state index is -1.09. The largest absolute Gasteiger partial charge is 0.480 e. The van der Waals surface area contributed by atoms with Crippen molar-refractivity contribution >= 4 is 11.9 Å². The molecule has 0 fully saturated rings. The second-order valence-corrected chi connectivity index (χ2v) is 3.58. The maximum absolute atomic E-state index is 12.0. The number of carbonyl (C=O) groups excluding carboxylic acids is 1. The van der Waals surface area contributed by atoms with Crippen LogP contribution >= 0.6 is 0 Å². The Morgan fingerprint density at radius 1 is 1.50 bits per heavy atom. The maximum atomic E-state index is 12.0. The van der Waals surface area contributed by atoms with Crippen LogP contribution in [0.15, 0.2) is 16.5 Å². The van der Waals surface area contributed by atoms with Gasteiger partial charge in [-0.3, -0.25) is 9.59 Å². The Labute approximate surface area is 104 Å². The molecule has 7 heteroatoms. The molecule has 0 spiro atoms. The molecule has 1 rings (SSSR count). The third-order valence-electron chi connectivity index (χ3n) is 2.25. The molecule has 1 amide bonds. The Morgan fingerprint density at radius 2 is 2.22 bits per heavy atom. The van der Waals surface area contributed by atoms with Gasteiger partial charge in [-0.1, -0.05) is 0 Å². The lowest BCUT2D eigenvalue weighted by molar-refractivity contribution is -0.137. The van der Waals surface area contributed by atoms with Crippen LogP contribution in [0.2, 0.25) is 0 Å². The molecule has 0 aliphatic carbocycles. The van der Waals surface area contributed by atoms with Gasteiger partial charge in [0.2, 0.25) is 0 Å². The number of carboxylic acid groups (broad SMARTS) is 1. The van der Waals surface area contributed by atoms with Crippen LogP contribution in [0.4, 0.5) is 0 Å². The molecular weight excluding hydrogens is 240 g/mol. The van der Waals surface area contributed by atoms with Gasteiger partial charge in [-0.2, -0.15) is 0 Å². The topological polar surface area (TPSA) is 106 Å². The first-order chi connectivity index (χ1) is 8.58. The second-order valence-electron chi connectivity index (χ2n) is 3.58. The van der Waals surface area contributed by atoms with Crippen molar-refractivity contribution in [2.75, 3.05) is 26.8 Å². The number of carboxylic acids is 1. The lowest BCUT2D eigenvalue weighted by atomic mass is 10.3. The summed E-state index contributed by atoms with van der Waals surface area (Å²) in [7, 11) is 1.48. The van der Waals surface area contributed by atoms with Crippen molar-refractivity contribution in [1.29, 1.82) is 0 Å². The van der Waals surface area contributed by atoms with Crippen LogP contribution in [0.1, 0.15) is 16.3 Å². The lowest BCUT2D eigenvalue weighted by Gasteiger charge is -2.18. The molecule has 0 saturated heterocycles. The summed E-state index contributed by atoms with van der Waals surface area (Å²) in [5.74, 6) is -1.03. The predicted octanol–water partition coefficient (Wildman–Crippen LogP) is -0.0885. The van der Waals surface area contributed by atoms with Crippen LogP contribution in [-0.4, -0.2) is 48.7 Å². The van der Waals surface area contributed by atoms with E-state index in [0.29, 0.717) is 5.76 Å². The summed E-state index contributed by atoms with van der Waals surface area (Å²) >= 11 is 0. The Kier molecular flexibility index (Phi) is 5.34. The second kappa shape index (κ2) is 6.77. The van der Waals surface area contributed by atoms with E-state index in [1.807, 2.05) is 0 Å². The number of aliphatic carboxylic acids is 1. The highest BCUT2D eigenvalue weighted by molar-refractivity contribution is 5.93. The number of hydrogen-bond donors (Lipinski definition) is 2. The van der Waals surface area contributed by atoms with Crippen molar-refractivity contribution in [1.82, 2.24) is 4.90 Å². The third kappa shape index (κ3) is 3.86. The first-order valence-electron chi connectivity index (χ1n) is 5.37. The van der Waals surface area contributed by atoms with Crippen molar-refractivity contribution in [3.63, 3.8) is 0 Å². The van der Waals surface area contributed by atoms with E-state index in [4.69, 9.17) is 20.0 Å². The van der Waals surface area contributed by atoms with Gasteiger partial charge in [-0.25, -0.2) is 0 Å². The average Bonchev–Trinajstić information content (AvgIpc) is 2.81. The third-order valence-corrected chi connectivity index (χ3v) is 2.25. The zero-order valence-corrected chi connectivity index (χ0v) is 10.1. The number of furan rings is 1. The molecule has 3 N–H and O–H groups in total. The van der Waals surface area contributed by atoms with E-state index < -0.39 is 18.4 Å². The first-order valence-corrected chi connectivity index (χ1v) is 5.37. The number of methoxy groups -OCH3 is 1. The van der Waals surface area contributed by atoms with Crippen molar-refractivity contribution < 1.29 is 23.8 Å². The van der Waals surface area contributed by atoms with E-state index >= 15 is 0 Å². The van der Waals surface area contributed by atoms with E-state index in [-0.39, 0.29) is 25.5 Å². The molecule has 0 radical (unpaired) electrons. The molecule has 0 aromatic carbocycles. The number of carbonyl (C=O) groups is 2. The Hall–Kier alpha value is -1.86. The standard InChI is InChI=1S/C11H16N2O5/c1-17-5-4-13(7-10(14)15)11(16)9-3-2-8(6-12)18-9/h2-3H,4-7,12H2,1H3,(H,14,15). The quantitative estimate of drug-likeness (QED) is 0.706. The molecule has 7 nitrogen and oxygen atoms in total. The van der Waals surface area contributed by atoms with Gasteiger partial charge >= 0.3 is 5.97 Å². The van der Waals surface area contributed by atoms with Gasteiger partial charge < -0.3 is 24.9 Å². The number of nitrogens with two attached hydrogens (primary N) is 1. The van der Waals surface area contributed by atoms with Crippen LogP contribution < -0.4 is 5.73 Å². The summed E-state index contributed by atoms with van der Waals surface area (Å²) in [6.45, 7) is 0.217. The van der Waals surface area contributed by atoms with Crippen molar-refractivity contribution in [2.24, 2.45) is 5.73 Å². The van der Waals surface area contributed by atoms with Crippen molar-refractivity contribution in [3.8, 4) is 0 Å². The van der Waals surface area contributed by atoms with Gasteiger partial charge in [-0.05, 0) is 12.1 Å². The number of ether oxygens (including phenoxy) is 1. The van der Waals surface area contributed by atoms with Gasteiger partial charge in [0.15, 0.2) is 5.76 Å². The van der Waals surface area contributed by atoms with E-state index in [1.165, 1.54) is 13.2 Å². The molecule has 1 aromatic rings. The maximum Gasteiger partial charge on any atom is 0.323 e.